The number of aryl methyl sites for hydroxylation is 2. The van der Waals surface area contributed by atoms with E-state index in [-0.39, 0.29) is 0 Å². The minimum atomic E-state index is 0.769. The van der Waals surface area contributed by atoms with Gasteiger partial charge < -0.3 is 9.47 Å². The molecule has 0 radical (unpaired) electrons. The van der Waals surface area contributed by atoms with Gasteiger partial charge in [-0.2, -0.15) is 0 Å². The van der Waals surface area contributed by atoms with Gasteiger partial charge in [-0.15, -0.1) is 16.4 Å². The number of aromatic nitrogens is 5. The predicted molar refractivity (Wildman–Crippen MR) is 111 cm³/mol. The quantitative estimate of drug-likeness (QED) is 0.482. The smallest absolute Gasteiger partial charge is 0.192 e. The Hall–Kier alpha value is -2.25. The molecule has 142 valence electrons. The SMILES string of the molecule is CCN(CC)CCCn1c(C)c(C)c2c1ncn1nc(-c3cccs3)nc21. The second kappa shape index (κ2) is 7.40. The Balaban J connectivity index is 1.73. The Labute approximate surface area is 163 Å². The summed E-state index contributed by atoms with van der Waals surface area (Å²) in [6, 6.07) is 4.09. The van der Waals surface area contributed by atoms with Crippen LogP contribution in [0.1, 0.15) is 31.5 Å². The van der Waals surface area contributed by atoms with Crippen molar-refractivity contribution in [1.82, 2.24) is 29.0 Å². The average Bonchev–Trinajstić information content (AvgIpc) is 3.39. The Bertz CT molecular complexity index is 1060. The van der Waals surface area contributed by atoms with Crippen LogP contribution in [0.3, 0.4) is 0 Å². The second-order valence-corrected chi connectivity index (χ2v) is 7.81. The third-order valence-corrected chi connectivity index (χ3v) is 6.30. The van der Waals surface area contributed by atoms with Crippen LogP contribution >= 0.6 is 11.3 Å². The van der Waals surface area contributed by atoms with E-state index in [0.29, 0.717) is 0 Å². The molecule has 0 unspecified atom stereocenters. The summed E-state index contributed by atoms with van der Waals surface area (Å²) < 4.78 is 4.15. The molecule has 4 aromatic heterocycles. The fourth-order valence-corrected chi connectivity index (χ4v) is 4.36. The zero-order valence-corrected chi connectivity index (χ0v) is 17.3. The molecular weight excluding hydrogens is 356 g/mol. The maximum Gasteiger partial charge on any atom is 0.192 e. The Morgan fingerprint density at radius 1 is 1.15 bits per heavy atom. The van der Waals surface area contributed by atoms with Gasteiger partial charge in [-0.05, 0) is 56.9 Å². The minimum Gasteiger partial charge on any atom is -0.329 e. The Kier molecular flexibility index (Phi) is 4.97. The van der Waals surface area contributed by atoms with E-state index in [9.17, 15) is 0 Å². The highest BCUT2D eigenvalue weighted by Gasteiger charge is 2.18. The van der Waals surface area contributed by atoms with Gasteiger partial charge in [0.05, 0.1) is 10.3 Å². The van der Waals surface area contributed by atoms with Crippen LogP contribution in [-0.4, -0.2) is 48.7 Å². The summed E-state index contributed by atoms with van der Waals surface area (Å²) in [5.41, 5.74) is 4.43. The summed E-state index contributed by atoms with van der Waals surface area (Å²) >= 11 is 1.66. The number of fused-ring (bicyclic) bond motifs is 3. The number of thiophene rings is 1. The van der Waals surface area contributed by atoms with Gasteiger partial charge in [-0.1, -0.05) is 19.9 Å². The van der Waals surface area contributed by atoms with Crippen molar-refractivity contribution in [2.24, 2.45) is 0 Å². The normalized spacial score (nSPS) is 12.0. The topological polar surface area (TPSA) is 51.2 Å². The lowest BCUT2D eigenvalue weighted by atomic mass is 10.2. The first-order valence-electron chi connectivity index (χ1n) is 9.61. The molecular formula is C20H26N6S. The molecule has 0 aliphatic rings. The highest BCUT2D eigenvalue weighted by molar-refractivity contribution is 7.13. The summed E-state index contributed by atoms with van der Waals surface area (Å²) in [5, 5.41) is 7.80. The zero-order chi connectivity index (χ0) is 19.0. The molecule has 6 nitrogen and oxygen atoms in total. The van der Waals surface area contributed by atoms with Crippen LogP contribution in [0.2, 0.25) is 0 Å². The van der Waals surface area contributed by atoms with Gasteiger partial charge in [0.15, 0.2) is 11.5 Å². The monoisotopic (exact) mass is 382 g/mol. The second-order valence-electron chi connectivity index (χ2n) is 6.87. The predicted octanol–water partition coefficient (Wildman–Crippen LogP) is 4.16. The van der Waals surface area contributed by atoms with Gasteiger partial charge in [-0.25, -0.2) is 14.5 Å². The van der Waals surface area contributed by atoms with E-state index < -0.39 is 0 Å². The Morgan fingerprint density at radius 2 is 1.96 bits per heavy atom. The maximum absolute atomic E-state index is 4.83. The van der Waals surface area contributed by atoms with Crippen LogP contribution in [0, 0.1) is 13.8 Å². The average molecular weight is 383 g/mol. The van der Waals surface area contributed by atoms with Gasteiger partial charge in [0.2, 0.25) is 0 Å². The first-order chi connectivity index (χ1) is 13.1. The van der Waals surface area contributed by atoms with E-state index in [2.05, 4.69) is 53.7 Å². The molecule has 0 saturated heterocycles. The van der Waals surface area contributed by atoms with E-state index in [1.165, 1.54) is 11.3 Å². The highest BCUT2D eigenvalue weighted by Crippen LogP contribution is 2.29. The zero-order valence-electron chi connectivity index (χ0n) is 16.4. The molecule has 4 heterocycles. The molecule has 0 spiro atoms. The van der Waals surface area contributed by atoms with Gasteiger partial charge in [-0.3, -0.25) is 0 Å². The molecule has 0 atom stereocenters. The van der Waals surface area contributed by atoms with E-state index in [1.54, 1.807) is 17.7 Å². The third-order valence-electron chi connectivity index (χ3n) is 5.44. The lowest BCUT2D eigenvalue weighted by molar-refractivity contribution is 0.293. The first-order valence-corrected chi connectivity index (χ1v) is 10.5. The number of hydrogen-bond donors (Lipinski definition) is 0. The van der Waals surface area contributed by atoms with E-state index >= 15 is 0 Å². The van der Waals surface area contributed by atoms with E-state index in [4.69, 9.17) is 9.97 Å². The van der Waals surface area contributed by atoms with Crippen LogP contribution in [0.15, 0.2) is 23.8 Å². The van der Waals surface area contributed by atoms with Gasteiger partial charge in [0.25, 0.3) is 0 Å². The van der Waals surface area contributed by atoms with Gasteiger partial charge in [0, 0.05) is 12.2 Å². The van der Waals surface area contributed by atoms with Crippen molar-refractivity contribution in [3.63, 3.8) is 0 Å². The summed E-state index contributed by atoms with van der Waals surface area (Å²) in [6.07, 6.45) is 2.91. The van der Waals surface area contributed by atoms with E-state index in [0.717, 1.165) is 60.0 Å². The van der Waals surface area contributed by atoms with Crippen molar-refractivity contribution in [3.05, 3.63) is 35.1 Å². The summed E-state index contributed by atoms with van der Waals surface area (Å²) in [4.78, 5) is 13.1. The fraction of sp³-hybridized carbons (Fsp3) is 0.450. The van der Waals surface area contributed by atoms with Crippen molar-refractivity contribution in [2.75, 3.05) is 19.6 Å². The molecule has 0 saturated carbocycles. The molecule has 0 bridgehead atoms. The van der Waals surface area contributed by atoms with Gasteiger partial charge in [0.1, 0.15) is 12.0 Å². The van der Waals surface area contributed by atoms with Crippen LogP contribution in [0.5, 0.6) is 0 Å². The first kappa shape index (κ1) is 18.1. The highest BCUT2D eigenvalue weighted by atomic mass is 32.1. The van der Waals surface area contributed by atoms with Crippen LogP contribution in [0.25, 0.3) is 27.4 Å². The van der Waals surface area contributed by atoms with Crippen molar-refractivity contribution in [3.8, 4) is 10.7 Å². The molecule has 0 fully saturated rings. The summed E-state index contributed by atoms with van der Waals surface area (Å²) in [6.45, 7) is 13.1. The molecule has 27 heavy (non-hydrogen) atoms. The van der Waals surface area contributed by atoms with Crippen molar-refractivity contribution >= 4 is 28.0 Å². The number of rotatable bonds is 7. The largest absolute Gasteiger partial charge is 0.329 e. The molecule has 0 aliphatic carbocycles. The van der Waals surface area contributed by atoms with E-state index in [1.807, 2.05) is 10.6 Å². The summed E-state index contributed by atoms with van der Waals surface area (Å²) in [5.74, 6) is 0.769. The molecule has 4 rings (SSSR count). The molecule has 0 N–H and O–H groups in total. The number of nitrogens with zero attached hydrogens (tertiary/aromatic N) is 6. The minimum absolute atomic E-state index is 0.769. The number of hydrogen-bond acceptors (Lipinski definition) is 5. The molecule has 0 amide bonds. The van der Waals surface area contributed by atoms with Crippen LogP contribution in [0.4, 0.5) is 0 Å². The Morgan fingerprint density at radius 3 is 2.67 bits per heavy atom. The molecule has 0 aliphatic heterocycles. The third kappa shape index (κ3) is 3.15. The van der Waals surface area contributed by atoms with Crippen molar-refractivity contribution in [2.45, 2.75) is 40.7 Å². The van der Waals surface area contributed by atoms with Crippen LogP contribution in [-0.2, 0) is 6.54 Å². The lowest BCUT2D eigenvalue weighted by Gasteiger charge is -2.18. The van der Waals surface area contributed by atoms with Crippen molar-refractivity contribution < 1.29 is 0 Å². The van der Waals surface area contributed by atoms with Crippen molar-refractivity contribution in [1.29, 1.82) is 0 Å². The maximum atomic E-state index is 4.83. The standard InChI is InChI=1S/C20H26N6S/c1-5-24(6-2)10-8-11-25-15(4)14(3)17-19(25)21-13-26-20(17)22-18(23-26)16-9-7-12-27-16/h7,9,12-13H,5-6,8,10-11H2,1-4H3. The lowest BCUT2D eigenvalue weighted by Crippen LogP contribution is -2.25. The molecule has 4 aromatic rings. The summed E-state index contributed by atoms with van der Waals surface area (Å²) in [7, 11) is 0. The van der Waals surface area contributed by atoms with Gasteiger partial charge >= 0.3 is 0 Å². The molecule has 0 aromatic carbocycles. The molecule has 7 heteroatoms. The fourth-order valence-electron chi connectivity index (χ4n) is 3.71. The van der Waals surface area contributed by atoms with Crippen LogP contribution < -0.4 is 0 Å².